The monoisotopic (exact) mass is 718 g/mol. The lowest BCUT2D eigenvalue weighted by atomic mass is 9.88. The molecule has 0 saturated carbocycles. The molecule has 0 heterocycles. The number of hydrogen-bond donors (Lipinski definition) is 0. The molecule has 2 nitrogen and oxygen atoms in total. The molecule has 0 radical (unpaired) electrons. The summed E-state index contributed by atoms with van der Waals surface area (Å²) in [5, 5.41) is 4.90. The summed E-state index contributed by atoms with van der Waals surface area (Å²) in [6.07, 6.45) is 1.18. The Morgan fingerprint density at radius 2 is 0.796 bits per heavy atom. The summed E-state index contributed by atoms with van der Waals surface area (Å²) in [4.78, 5) is 4.80. The van der Waals surface area contributed by atoms with Crippen LogP contribution in [0.15, 0.2) is 188 Å². The standard InChI is InChI=1S/C51H47N2P/c1-51(2,3)36-48(54-4)37-28-30-41(31-29-37)52(39-20-10-6-11-21-39)42-32-34-43(35-33-42)53(40-22-12-7-13-23-40)50-46-26-16-14-24-44(46)49(38-18-8-5-9-19-38)45-25-15-17-27-47(45)50/h5-35,48,54H,36H2,1-4H3. The van der Waals surface area contributed by atoms with Crippen molar-refractivity contribution in [2.24, 2.45) is 5.41 Å². The second-order valence-electron chi connectivity index (χ2n) is 15.2. The van der Waals surface area contributed by atoms with Gasteiger partial charge >= 0.3 is 0 Å². The molecule has 0 aliphatic rings. The molecule has 8 aromatic carbocycles. The van der Waals surface area contributed by atoms with Crippen molar-refractivity contribution in [3.05, 3.63) is 194 Å². The summed E-state index contributed by atoms with van der Waals surface area (Å²) in [5.41, 5.74) is 11.6. The molecule has 0 aliphatic carbocycles. The minimum atomic E-state index is 0.292. The molecule has 2 unspecified atom stereocenters. The van der Waals surface area contributed by atoms with Crippen molar-refractivity contribution in [2.45, 2.75) is 32.9 Å². The fourth-order valence-corrected chi connectivity index (χ4v) is 9.22. The van der Waals surface area contributed by atoms with Crippen LogP contribution in [0.5, 0.6) is 0 Å². The van der Waals surface area contributed by atoms with Crippen LogP contribution in [0.3, 0.4) is 0 Å². The second-order valence-corrected chi connectivity index (χ2v) is 16.5. The largest absolute Gasteiger partial charge is 0.311 e. The molecule has 8 rings (SSSR count). The molecule has 0 aliphatic heterocycles. The number of fused-ring (bicyclic) bond motifs is 2. The average Bonchev–Trinajstić information content (AvgIpc) is 3.21. The first-order valence-electron chi connectivity index (χ1n) is 19.0. The van der Waals surface area contributed by atoms with Gasteiger partial charge in [-0.1, -0.05) is 148 Å². The van der Waals surface area contributed by atoms with Gasteiger partial charge in [-0.3, -0.25) is 0 Å². The summed E-state index contributed by atoms with van der Waals surface area (Å²) >= 11 is 0. The normalized spacial score (nSPS) is 12.4. The van der Waals surface area contributed by atoms with Crippen molar-refractivity contribution in [1.82, 2.24) is 0 Å². The van der Waals surface area contributed by atoms with E-state index in [1.165, 1.54) is 50.3 Å². The third kappa shape index (κ3) is 7.15. The Hall–Kier alpha value is -5.69. The molecule has 0 saturated heterocycles. The Balaban J connectivity index is 1.27. The third-order valence-electron chi connectivity index (χ3n) is 10.3. The lowest BCUT2D eigenvalue weighted by Crippen LogP contribution is -2.13. The quantitative estimate of drug-likeness (QED) is 0.103. The first-order chi connectivity index (χ1) is 26.4. The summed E-state index contributed by atoms with van der Waals surface area (Å²) in [5.74, 6) is 0. The Bertz CT molecular complexity index is 2410. The van der Waals surface area contributed by atoms with Gasteiger partial charge in [-0.15, -0.1) is 8.58 Å². The lowest BCUT2D eigenvalue weighted by Gasteiger charge is -2.31. The Labute approximate surface area is 322 Å². The Morgan fingerprint density at radius 3 is 1.26 bits per heavy atom. The van der Waals surface area contributed by atoms with Crippen molar-refractivity contribution in [3.8, 4) is 11.1 Å². The van der Waals surface area contributed by atoms with Gasteiger partial charge in [0.25, 0.3) is 0 Å². The van der Waals surface area contributed by atoms with Crippen LogP contribution in [0.25, 0.3) is 32.7 Å². The maximum atomic E-state index is 2.44. The first kappa shape index (κ1) is 35.3. The van der Waals surface area contributed by atoms with Gasteiger partial charge in [-0.05, 0) is 107 Å². The van der Waals surface area contributed by atoms with E-state index in [1.54, 1.807) is 0 Å². The zero-order chi connectivity index (χ0) is 37.1. The van der Waals surface area contributed by atoms with Crippen LogP contribution < -0.4 is 9.80 Å². The predicted octanol–water partition coefficient (Wildman–Crippen LogP) is 15.4. The van der Waals surface area contributed by atoms with E-state index in [9.17, 15) is 0 Å². The molecule has 0 N–H and O–H groups in total. The third-order valence-corrected chi connectivity index (χ3v) is 11.5. The average molecular weight is 719 g/mol. The van der Waals surface area contributed by atoms with Gasteiger partial charge in [0.05, 0.1) is 5.69 Å². The molecule has 0 amide bonds. The second kappa shape index (κ2) is 15.3. The van der Waals surface area contributed by atoms with Gasteiger partial charge in [0, 0.05) is 44.9 Å². The van der Waals surface area contributed by atoms with Crippen LogP contribution in [-0.2, 0) is 0 Å². The van der Waals surface area contributed by atoms with Crippen LogP contribution in [-0.4, -0.2) is 6.66 Å². The van der Waals surface area contributed by atoms with E-state index in [-0.39, 0.29) is 0 Å². The SMILES string of the molecule is CPC(CC(C)(C)C)c1ccc(N(c2ccccc2)c2ccc(N(c3ccccc3)c3c4ccccc4c(-c4ccccc4)c4ccccc34)cc2)cc1. The van der Waals surface area contributed by atoms with E-state index in [4.69, 9.17) is 0 Å². The van der Waals surface area contributed by atoms with E-state index in [2.05, 4.69) is 225 Å². The predicted molar refractivity (Wildman–Crippen MR) is 237 cm³/mol. The number of anilines is 6. The van der Waals surface area contributed by atoms with Crippen LogP contribution >= 0.6 is 8.58 Å². The fraction of sp³-hybridized carbons (Fsp3) is 0.137. The maximum Gasteiger partial charge on any atom is 0.0618 e. The minimum absolute atomic E-state index is 0.292. The highest BCUT2D eigenvalue weighted by Crippen LogP contribution is 2.49. The van der Waals surface area contributed by atoms with Gasteiger partial charge in [-0.25, -0.2) is 0 Å². The summed E-state index contributed by atoms with van der Waals surface area (Å²) < 4.78 is 0. The van der Waals surface area contributed by atoms with Crippen LogP contribution in [0.1, 0.15) is 38.4 Å². The zero-order valence-electron chi connectivity index (χ0n) is 31.6. The number of benzene rings is 8. The highest BCUT2D eigenvalue weighted by molar-refractivity contribution is 7.37. The molecule has 3 heteroatoms. The van der Waals surface area contributed by atoms with E-state index >= 15 is 0 Å². The number of nitrogens with zero attached hydrogens (tertiary/aromatic N) is 2. The molecule has 0 bridgehead atoms. The van der Waals surface area contributed by atoms with Gasteiger partial charge in [-0.2, -0.15) is 0 Å². The summed E-state index contributed by atoms with van der Waals surface area (Å²) in [6.45, 7) is 9.38. The van der Waals surface area contributed by atoms with E-state index in [0.29, 0.717) is 11.1 Å². The smallest absolute Gasteiger partial charge is 0.0618 e. The topological polar surface area (TPSA) is 6.48 Å². The van der Waals surface area contributed by atoms with Crippen LogP contribution in [0.4, 0.5) is 34.1 Å². The molecular formula is C51H47N2P. The molecule has 0 aromatic heterocycles. The molecule has 0 fully saturated rings. The van der Waals surface area contributed by atoms with Gasteiger partial charge in [0.1, 0.15) is 0 Å². The van der Waals surface area contributed by atoms with Crippen LogP contribution in [0.2, 0.25) is 0 Å². The Kier molecular flexibility index (Phi) is 10.0. The highest BCUT2D eigenvalue weighted by Gasteiger charge is 2.23. The molecule has 54 heavy (non-hydrogen) atoms. The first-order valence-corrected chi connectivity index (χ1v) is 20.5. The molecule has 2 atom stereocenters. The van der Waals surface area contributed by atoms with Crippen molar-refractivity contribution in [3.63, 3.8) is 0 Å². The van der Waals surface area contributed by atoms with E-state index in [0.717, 1.165) is 37.0 Å². The van der Waals surface area contributed by atoms with Crippen molar-refractivity contribution >= 4 is 64.2 Å². The number of para-hydroxylation sites is 2. The minimum Gasteiger partial charge on any atom is -0.311 e. The summed E-state index contributed by atoms with van der Waals surface area (Å²) in [7, 11) is 0.869. The number of hydrogen-bond acceptors (Lipinski definition) is 2. The molecular weight excluding hydrogens is 672 g/mol. The van der Waals surface area contributed by atoms with E-state index < -0.39 is 0 Å². The van der Waals surface area contributed by atoms with Crippen LogP contribution in [0, 0.1) is 5.41 Å². The fourth-order valence-electron chi connectivity index (χ4n) is 7.88. The van der Waals surface area contributed by atoms with Gasteiger partial charge in [0.15, 0.2) is 0 Å². The molecule has 8 aromatic rings. The molecule has 0 spiro atoms. The lowest BCUT2D eigenvalue weighted by molar-refractivity contribution is 0.374. The van der Waals surface area contributed by atoms with Crippen molar-refractivity contribution in [2.75, 3.05) is 16.5 Å². The van der Waals surface area contributed by atoms with Gasteiger partial charge in [0.2, 0.25) is 0 Å². The van der Waals surface area contributed by atoms with Gasteiger partial charge < -0.3 is 9.80 Å². The Morgan fingerprint density at radius 1 is 0.426 bits per heavy atom. The van der Waals surface area contributed by atoms with E-state index in [1.807, 2.05) is 0 Å². The highest BCUT2D eigenvalue weighted by atomic mass is 31.1. The maximum absolute atomic E-state index is 2.44. The molecule has 266 valence electrons. The van der Waals surface area contributed by atoms with Crippen molar-refractivity contribution in [1.29, 1.82) is 0 Å². The van der Waals surface area contributed by atoms with Crippen molar-refractivity contribution < 1.29 is 0 Å². The zero-order valence-corrected chi connectivity index (χ0v) is 32.6. The number of rotatable bonds is 10. The summed E-state index contributed by atoms with van der Waals surface area (Å²) in [6, 6.07) is 68.4.